The Morgan fingerprint density at radius 2 is 1.81 bits per heavy atom. The summed E-state index contributed by atoms with van der Waals surface area (Å²) in [7, 11) is 0. The number of aliphatic carboxylic acids is 2. The Labute approximate surface area is 152 Å². The number of esters is 1. The molecule has 9 nitrogen and oxygen atoms in total. The molecule has 0 bridgehead atoms. The van der Waals surface area contributed by atoms with Gasteiger partial charge in [-0.1, -0.05) is 12.1 Å². The van der Waals surface area contributed by atoms with Crippen molar-refractivity contribution in [3.05, 3.63) is 29.8 Å². The SMILES string of the molecule is CC(=O)Oc1ccc(C2SCC(=O)N2CCC(O)(C(=O)O)C(=O)O)cc1. The molecule has 26 heavy (non-hydrogen) atoms. The molecule has 1 aliphatic heterocycles. The van der Waals surface area contributed by atoms with Crippen molar-refractivity contribution in [3.8, 4) is 5.75 Å². The van der Waals surface area contributed by atoms with Gasteiger partial charge in [0, 0.05) is 19.9 Å². The molecular weight excluding hydrogens is 366 g/mol. The zero-order chi connectivity index (χ0) is 19.5. The number of aliphatic hydroxyl groups is 1. The van der Waals surface area contributed by atoms with E-state index in [1.165, 1.54) is 23.6 Å². The summed E-state index contributed by atoms with van der Waals surface area (Å²) in [4.78, 5) is 46.4. The summed E-state index contributed by atoms with van der Waals surface area (Å²) < 4.78 is 4.93. The molecule has 0 aromatic heterocycles. The van der Waals surface area contributed by atoms with Crippen molar-refractivity contribution < 1.29 is 39.2 Å². The van der Waals surface area contributed by atoms with Crippen LogP contribution in [0.25, 0.3) is 0 Å². The normalized spacial score (nSPS) is 17.2. The topological polar surface area (TPSA) is 141 Å². The fourth-order valence-corrected chi connectivity index (χ4v) is 3.64. The molecule has 0 aliphatic carbocycles. The third kappa shape index (κ3) is 4.14. The van der Waals surface area contributed by atoms with Gasteiger partial charge in [0.05, 0.1) is 5.75 Å². The molecule has 3 N–H and O–H groups in total. The van der Waals surface area contributed by atoms with Crippen LogP contribution in [0.2, 0.25) is 0 Å². The second-order valence-electron chi connectivity index (χ2n) is 5.63. The van der Waals surface area contributed by atoms with Gasteiger partial charge in [0.1, 0.15) is 11.1 Å². The van der Waals surface area contributed by atoms with Gasteiger partial charge in [0.25, 0.3) is 5.60 Å². The molecule has 10 heteroatoms. The third-order valence-corrected chi connectivity index (χ3v) is 5.07. The van der Waals surface area contributed by atoms with Gasteiger partial charge >= 0.3 is 17.9 Å². The van der Waals surface area contributed by atoms with Crippen molar-refractivity contribution >= 4 is 35.6 Å². The average molecular weight is 383 g/mol. The van der Waals surface area contributed by atoms with Crippen LogP contribution in [0.1, 0.15) is 24.3 Å². The minimum atomic E-state index is -2.96. The van der Waals surface area contributed by atoms with E-state index in [4.69, 9.17) is 14.9 Å². The van der Waals surface area contributed by atoms with Crippen LogP contribution >= 0.6 is 11.8 Å². The maximum Gasteiger partial charge on any atom is 0.347 e. The van der Waals surface area contributed by atoms with Crippen LogP contribution in [0, 0.1) is 0 Å². The van der Waals surface area contributed by atoms with Crippen molar-refractivity contribution in [2.24, 2.45) is 0 Å². The lowest BCUT2D eigenvalue weighted by molar-refractivity contribution is -0.177. The molecule has 0 spiro atoms. The average Bonchev–Trinajstić information content (AvgIpc) is 2.93. The molecule has 1 aliphatic rings. The fourth-order valence-electron chi connectivity index (χ4n) is 2.43. The summed E-state index contributed by atoms with van der Waals surface area (Å²) >= 11 is 1.29. The van der Waals surface area contributed by atoms with Crippen LogP contribution in [0.5, 0.6) is 5.75 Å². The number of hydrogen-bond acceptors (Lipinski definition) is 7. The van der Waals surface area contributed by atoms with Gasteiger partial charge in [-0.15, -0.1) is 11.8 Å². The number of rotatable bonds is 7. The fraction of sp³-hybridized carbons (Fsp3) is 0.375. The van der Waals surface area contributed by atoms with Gasteiger partial charge in [-0.2, -0.15) is 0 Å². The first-order valence-corrected chi connectivity index (χ1v) is 8.58. The van der Waals surface area contributed by atoms with Crippen molar-refractivity contribution in [2.75, 3.05) is 12.3 Å². The predicted molar refractivity (Wildman–Crippen MR) is 89.5 cm³/mol. The number of benzene rings is 1. The Hall–Kier alpha value is -2.59. The molecule has 0 saturated carbocycles. The van der Waals surface area contributed by atoms with Crippen LogP contribution in [-0.2, 0) is 19.2 Å². The monoisotopic (exact) mass is 383 g/mol. The Balaban J connectivity index is 2.14. The molecule has 1 aromatic carbocycles. The summed E-state index contributed by atoms with van der Waals surface area (Å²) in [5, 5.41) is 27.2. The zero-order valence-electron chi connectivity index (χ0n) is 13.7. The summed E-state index contributed by atoms with van der Waals surface area (Å²) in [6, 6.07) is 6.43. The van der Waals surface area contributed by atoms with E-state index in [1.54, 1.807) is 24.3 Å². The van der Waals surface area contributed by atoms with Crippen molar-refractivity contribution in [1.82, 2.24) is 4.90 Å². The summed E-state index contributed by atoms with van der Waals surface area (Å²) in [5.74, 6) is -4.03. The Kier molecular flexibility index (Phi) is 5.88. The first kappa shape index (κ1) is 19.7. The van der Waals surface area contributed by atoms with E-state index < -0.39 is 35.3 Å². The lowest BCUT2D eigenvalue weighted by Gasteiger charge is -2.27. The second-order valence-corrected chi connectivity index (χ2v) is 6.70. The Morgan fingerprint density at radius 3 is 2.31 bits per heavy atom. The molecule has 1 atom stereocenters. The number of ether oxygens (including phenoxy) is 1. The van der Waals surface area contributed by atoms with Gasteiger partial charge in [-0.05, 0) is 17.7 Å². The molecule has 140 valence electrons. The maximum atomic E-state index is 12.1. The first-order valence-electron chi connectivity index (χ1n) is 7.54. The van der Waals surface area contributed by atoms with E-state index in [2.05, 4.69) is 0 Å². The number of carbonyl (C=O) groups is 4. The summed E-state index contributed by atoms with van der Waals surface area (Å²) in [6.45, 7) is 1.03. The van der Waals surface area contributed by atoms with E-state index in [1.807, 2.05) is 0 Å². The number of hydrogen-bond donors (Lipinski definition) is 3. The van der Waals surface area contributed by atoms with Crippen molar-refractivity contribution in [2.45, 2.75) is 24.3 Å². The molecule has 1 heterocycles. The minimum Gasteiger partial charge on any atom is -0.479 e. The lowest BCUT2D eigenvalue weighted by atomic mass is 10.00. The molecule has 1 saturated heterocycles. The molecule has 0 radical (unpaired) electrons. The van der Waals surface area contributed by atoms with Crippen LogP contribution < -0.4 is 4.74 Å². The number of carboxylic acid groups (broad SMARTS) is 2. The second kappa shape index (κ2) is 7.75. The standard InChI is InChI=1S/C16H17NO8S/c1-9(18)25-11-4-2-10(3-5-11)13-17(12(19)8-26-13)7-6-16(24,14(20)21)15(22)23/h2-5,13,24H,6-8H2,1H3,(H,20,21)(H,22,23). The van der Waals surface area contributed by atoms with E-state index in [0.29, 0.717) is 11.3 Å². The summed E-state index contributed by atoms with van der Waals surface area (Å²) in [5.41, 5.74) is -2.26. The van der Waals surface area contributed by atoms with Crippen LogP contribution in [0.4, 0.5) is 0 Å². The van der Waals surface area contributed by atoms with Gasteiger partial charge < -0.3 is 25.0 Å². The Morgan fingerprint density at radius 1 is 1.23 bits per heavy atom. The highest BCUT2D eigenvalue weighted by Gasteiger charge is 2.46. The van der Waals surface area contributed by atoms with Crippen molar-refractivity contribution in [3.63, 3.8) is 0 Å². The molecule has 1 unspecified atom stereocenters. The van der Waals surface area contributed by atoms with E-state index in [-0.39, 0.29) is 18.2 Å². The molecule has 1 amide bonds. The van der Waals surface area contributed by atoms with Crippen LogP contribution in [0.3, 0.4) is 0 Å². The van der Waals surface area contributed by atoms with E-state index in [9.17, 15) is 24.3 Å². The lowest BCUT2D eigenvalue weighted by Crippen LogP contribution is -2.49. The van der Waals surface area contributed by atoms with Crippen molar-refractivity contribution in [1.29, 1.82) is 0 Å². The largest absolute Gasteiger partial charge is 0.479 e. The number of nitrogens with zero attached hydrogens (tertiary/aromatic N) is 1. The highest BCUT2D eigenvalue weighted by molar-refractivity contribution is 8.00. The quantitative estimate of drug-likeness (QED) is 0.348. The maximum absolute atomic E-state index is 12.1. The number of thioether (sulfide) groups is 1. The molecule has 1 fully saturated rings. The van der Waals surface area contributed by atoms with Gasteiger partial charge in [-0.3, -0.25) is 9.59 Å². The van der Waals surface area contributed by atoms with Crippen LogP contribution in [0.15, 0.2) is 24.3 Å². The molecule has 2 rings (SSSR count). The van der Waals surface area contributed by atoms with E-state index >= 15 is 0 Å². The van der Waals surface area contributed by atoms with Gasteiger partial charge in [-0.25, -0.2) is 9.59 Å². The molecular formula is C16H17NO8S. The Bertz CT molecular complexity index is 718. The number of carbonyl (C=O) groups excluding carboxylic acids is 2. The third-order valence-electron chi connectivity index (χ3n) is 3.82. The highest BCUT2D eigenvalue weighted by Crippen LogP contribution is 2.39. The highest BCUT2D eigenvalue weighted by atomic mass is 32.2. The van der Waals surface area contributed by atoms with Crippen LogP contribution in [-0.4, -0.2) is 61.9 Å². The minimum absolute atomic E-state index is 0.148. The van der Waals surface area contributed by atoms with E-state index in [0.717, 1.165) is 0 Å². The smallest absolute Gasteiger partial charge is 0.347 e. The van der Waals surface area contributed by atoms with Gasteiger partial charge in [0.2, 0.25) is 5.91 Å². The first-order chi connectivity index (χ1) is 12.1. The number of amides is 1. The number of carboxylic acids is 2. The summed E-state index contributed by atoms with van der Waals surface area (Å²) in [6.07, 6.45) is -0.647. The molecule has 1 aromatic rings. The zero-order valence-corrected chi connectivity index (χ0v) is 14.6. The predicted octanol–water partition coefficient (Wildman–Crippen LogP) is 0.476. The van der Waals surface area contributed by atoms with Gasteiger partial charge in [0.15, 0.2) is 0 Å².